The lowest BCUT2D eigenvalue weighted by Gasteiger charge is -2.40. The molecule has 2 aromatic rings. The average Bonchev–Trinajstić information content (AvgIpc) is 2.73. The van der Waals surface area contributed by atoms with Crippen molar-refractivity contribution in [2.75, 3.05) is 20.3 Å². The van der Waals surface area contributed by atoms with Gasteiger partial charge in [0.15, 0.2) is 0 Å². The molecular formula is C21H25NO6S. The molecule has 0 radical (unpaired) electrons. The molecule has 0 bridgehead atoms. The molecule has 0 unspecified atom stereocenters. The fourth-order valence-corrected chi connectivity index (χ4v) is 5.32. The quantitative estimate of drug-likeness (QED) is 0.715. The predicted octanol–water partition coefficient (Wildman–Crippen LogP) is 1.68. The standard InChI is InChI=1S/C21H25NO6S/c1-14-3-9-18(10-4-14)29(26,27)22-12-20(24)19(11-17(22)13-23)15-5-7-16(8-6-15)21(25)28-2/h3-10,17,19-20,23-24H,11-13H2,1-2H3/t17-,19+,20-/m0/s1. The summed E-state index contributed by atoms with van der Waals surface area (Å²) in [6.07, 6.45) is -0.678. The number of ether oxygens (including phenoxy) is 1. The van der Waals surface area contributed by atoms with E-state index in [0.717, 1.165) is 11.1 Å². The van der Waals surface area contributed by atoms with E-state index in [9.17, 15) is 23.4 Å². The first-order chi connectivity index (χ1) is 13.8. The van der Waals surface area contributed by atoms with Crippen LogP contribution in [0.3, 0.4) is 0 Å². The van der Waals surface area contributed by atoms with Gasteiger partial charge >= 0.3 is 5.97 Å². The Morgan fingerprint density at radius 3 is 2.31 bits per heavy atom. The van der Waals surface area contributed by atoms with Crippen LogP contribution in [0.2, 0.25) is 0 Å². The number of piperidine rings is 1. The molecule has 1 saturated heterocycles. The minimum absolute atomic E-state index is 0.120. The van der Waals surface area contributed by atoms with Gasteiger partial charge in [0.05, 0.1) is 30.3 Å². The van der Waals surface area contributed by atoms with Crippen molar-refractivity contribution in [2.24, 2.45) is 0 Å². The topological polar surface area (TPSA) is 104 Å². The fraction of sp³-hybridized carbons (Fsp3) is 0.381. The molecule has 29 heavy (non-hydrogen) atoms. The molecule has 0 aliphatic carbocycles. The van der Waals surface area contributed by atoms with E-state index in [-0.39, 0.29) is 30.4 Å². The van der Waals surface area contributed by atoms with Crippen LogP contribution in [0, 0.1) is 6.92 Å². The molecule has 3 rings (SSSR count). The van der Waals surface area contributed by atoms with Gasteiger partial charge in [-0.3, -0.25) is 0 Å². The van der Waals surface area contributed by atoms with Gasteiger partial charge in [0.25, 0.3) is 0 Å². The van der Waals surface area contributed by atoms with Crippen molar-refractivity contribution in [1.82, 2.24) is 4.31 Å². The van der Waals surface area contributed by atoms with Gasteiger partial charge in [-0.05, 0) is 43.2 Å². The number of β-amino-alcohol motifs (C(OH)–C–C–N with tert-alkyl or cyclic N) is 1. The molecule has 1 fully saturated rings. The van der Waals surface area contributed by atoms with Crippen LogP contribution >= 0.6 is 0 Å². The molecule has 1 heterocycles. The zero-order valence-electron chi connectivity index (χ0n) is 16.4. The number of esters is 1. The van der Waals surface area contributed by atoms with Crippen LogP contribution in [0.1, 0.15) is 33.8 Å². The Kier molecular flexibility index (Phi) is 6.38. The first kappa shape index (κ1) is 21.4. The zero-order chi connectivity index (χ0) is 21.2. The second-order valence-electron chi connectivity index (χ2n) is 7.25. The molecule has 7 nitrogen and oxygen atoms in total. The molecule has 0 spiro atoms. The van der Waals surface area contributed by atoms with Gasteiger partial charge in [0.2, 0.25) is 10.0 Å². The molecule has 156 valence electrons. The van der Waals surface area contributed by atoms with E-state index >= 15 is 0 Å². The van der Waals surface area contributed by atoms with E-state index in [1.807, 2.05) is 6.92 Å². The van der Waals surface area contributed by atoms with Crippen LogP contribution in [0.5, 0.6) is 0 Å². The third-order valence-electron chi connectivity index (χ3n) is 5.36. The van der Waals surface area contributed by atoms with Gasteiger partial charge < -0.3 is 14.9 Å². The lowest BCUT2D eigenvalue weighted by Crippen LogP contribution is -2.52. The van der Waals surface area contributed by atoms with Crippen LogP contribution < -0.4 is 0 Å². The number of aryl methyl sites for hydroxylation is 1. The summed E-state index contributed by atoms with van der Waals surface area (Å²) in [7, 11) is -2.55. The van der Waals surface area contributed by atoms with Crippen LogP contribution in [-0.2, 0) is 14.8 Å². The SMILES string of the molecule is COC(=O)c1ccc([C@H]2C[C@@H](CO)N(S(=O)(=O)c3ccc(C)cc3)C[C@@H]2O)cc1. The maximum absolute atomic E-state index is 13.1. The number of nitrogens with zero attached hydrogens (tertiary/aromatic N) is 1. The molecule has 0 saturated carbocycles. The number of sulfonamides is 1. The van der Waals surface area contributed by atoms with Crippen LogP contribution in [0.25, 0.3) is 0 Å². The molecule has 8 heteroatoms. The summed E-state index contributed by atoms with van der Waals surface area (Å²) in [4.78, 5) is 11.7. The molecule has 1 aliphatic heterocycles. The Morgan fingerprint density at radius 2 is 1.76 bits per heavy atom. The normalized spacial score (nSPS) is 23.0. The van der Waals surface area contributed by atoms with Crippen LogP contribution in [-0.4, -0.2) is 61.3 Å². The monoisotopic (exact) mass is 419 g/mol. The number of carbonyl (C=O) groups is 1. The Balaban J connectivity index is 1.84. The van der Waals surface area contributed by atoms with Crippen LogP contribution in [0.4, 0.5) is 0 Å². The van der Waals surface area contributed by atoms with Gasteiger partial charge in [-0.1, -0.05) is 29.8 Å². The fourth-order valence-electron chi connectivity index (χ4n) is 3.68. The lowest BCUT2D eigenvalue weighted by molar-refractivity contribution is 0.0405. The number of benzene rings is 2. The second-order valence-corrected chi connectivity index (χ2v) is 9.14. The van der Waals surface area contributed by atoms with E-state index in [1.165, 1.54) is 23.5 Å². The van der Waals surface area contributed by atoms with Crippen molar-refractivity contribution in [2.45, 2.75) is 36.3 Å². The minimum atomic E-state index is -3.85. The van der Waals surface area contributed by atoms with Gasteiger partial charge in [-0.2, -0.15) is 4.31 Å². The average molecular weight is 419 g/mol. The zero-order valence-corrected chi connectivity index (χ0v) is 17.2. The second kappa shape index (κ2) is 8.62. The summed E-state index contributed by atoms with van der Waals surface area (Å²) in [6.45, 7) is 1.40. The molecule has 1 aliphatic rings. The van der Waals surface area contributed by atoms with Crippen LogP contribution in [0.15, 0.2) is 53.4 Å². The summed E-state index contributed by atoms with van der Waals surface area (Å²) >= 11 is 0. The predicted molar refractivity (Wildman–Crippen MR) is 107 cm³/mol. The minimum Gasteiger partial charge on any atom is -0.465 e. The van der Waals surface area contributed by atoms with Gasteiger partial charge in [0, 0.05) is 18.5 Å². The number of aliphatic hydroxyl groups excluding tert-OH is 2. The third kappa shape index (κ3) is 4.35. The number of hydrogen-bond donors (Lipinski definition) is 2. The maximum Gasteiger partial charge on any atom is 0.337 e. The number of aliphatic hydroxyl groups is 2. The van der Waals surface area contributed by atoms with Crippen molar-refractivity contribution < 1.29 is 28.2 Å². The Bertz CT molecular complexity index is 956. The van der Waals surface area contributed by atoms with Gasteiger partial charge in [-0.25, -0.2) is 13.2 Å². The van der Waals surface area contributed by atoms with E-state index < -0.39 is 28.1 Å². The smallest absolute Gasteiger partial charge is 0.337 e. The van der Waals surface area contributed by atoms with E-state index in [2.05, 4.69) is 4.74 Å². The summed E-state index contributed by atoms with van der Waals surface area (Å²) in [5.41, 5.74) is 2.11. The van der Waals surface area contributed by atoms with Gasteiger partial charge in [0.1, 0.15) is 0 Å². The summed E-state index contributed by atoms with van der Waals surface area (Å²) in [6, 6.07) is 12.5. The van der Waals surface area contributed by atoms with Crippen molar-refractivity contribution in [3.63, 3.8) is 0 Å². The van der Waals surface area contributed by atoms with Crippen molar-refractivity contribution in [1.29, 1.82) is 0 Å². The Morgan fingerprint density at radius 1 is 1.14 bits per heavy atom. The summed E-state index contributed by atoms with van der Waals surface area (Å²) in [5, 5.41) is 20.6. The van der Waals surface area contributed by atoms with Crippen molar-refractivity contribution in [3.8, 4) is 0 Å². The molecular weight excluding hydrogens is 394 g/mol. The number of rotatable bonds is 5. The molecule has 3 atom stereocenters. The van der Waals surface area contributed by atoms with Crippen molar-refractivity contribution in [3.05, 3.63) is 65.2 Å². The first-order valence-corrected chi connectivity index (χ1v) is 10.8. The summed E-state index contributed by atoms with van der Waals surface area (Å²) in [5.74, 6) is -0.812. The first-order valence-electron chi connectivity index (χ1n) is 9.33. The van der Waals surface area contributed by atoms with Gasteiger partial charge in [-0.15, -0.1) is 0 Å². The number of methoxy groups -OCH3 is 1. The van der Waals surface area contributed by atoms with E-state index in [0.29, 0.717) is 5.56 Å². The largest absolute Gasteiger partial charge is 0.465 e. The van der Waals surface area contributed by atoms with E-state index in [1.54, 1.807) is 36.4 Å². The Hall–Kier alpha value is -2.26. The molecule has 0 aromatic heterocycles. The molecule has 2 aromatic carbocycles. The molecule has 2 N–H and O–H groups in total. The maximum atomic E-state index is 13.1. The lowest BCUT2D eigenvalue weighted by atomic mass is 9.84. The summed E-state index contributed by atoms with van der Waals surface area (Å²) < 4.78 is 32.0. The van der Waals surface area contributed by atoms with E-state index in [4.69, 9.17) is 0 Å². The highest BCUT2D eigenvalue weighted by atomic mass is 32.2. The Labute approximate surface area is 170 Å². The van der Waals surface area contributed by atoms with Crippen molar-refractivity contribution >= 4 is 16.0 Å². The highest BCUT2D eigenvalue weighted by Gasteiger charge is 2.41. The molecule has 0 amide bonds. The highest BCUT2D eigenvalue weighted by Crippen LogP contribution is 2.35. The number of carbonyl (C=O) groups excluding carboxylic acids is 1. The highest BCUT2D eigenvalue weighted by molar-refractivity contribution is 7.89. The third-order valence-corrected chi connectivity index (χ3v) is 7.30. The number of hydrogen-bond acceptors (Lipinski definition) is 6.